The second kappa shape index (κ2) is 4.83. The fraction of sp³-hybridized carbons (Fsp3) is 1.00. The van der Waals surface area contributed by atoms with Crippen LogP contribution in [0.25, 0.3) is 0 Å². The van der Waals surface area contributed by atoms with Gasteiger partial charge in [-0.15, -0.1) is 0 Å². The van der Waals surface area contributed by atoms with E-state index in [0.29, 0.717) is 32.4 Å². The lowest BCUT2D eigenvalue weighted by Crippen LogP contribution is -2.47. The zero-order chi connectivity index (χ0) is 12.5. The third kappa shape index (κ3) is 3.40. The van der Waals surface area contributed by atoms with Gasteiger partial charge in [-0.05, 0) is 25.8 Å². The topological polar surface area (TPSA) is 92.3 Å². The molecule has 0 radical (unpaired) electrons. The van der Waals surface area contributed by atoms with Crippen LogP contribution >= 0.6 is 0 Å². The van der Waals surface area contributed by atoms with Crippen LogP contribution in [0.2, 0.25) is 0 Å². The van der Waals surface area contributed by atoms with E-state index in [1.54, 1.807) is 0 Å². The Kier molecular flexibility index (Phi) is 3.77. The Labute approximate surface area is 102 Å². The summed E-state index contributed by atoms with van der Waals surface area (Å²) in [5, 5.41) is 2.57. The first kappa shape index (κ1) is 13.3. The van der Waals surface area contributed by atoms with Crippen molar-refractivity contribution in [2.75, 3.05) is 24.6 Å². The monoisotopic (exact) mass is 282 g/mol. The van der Waals surface area contributed by atoms with Crippen LogP contribution in [0.15, 0.2) is 0 Å². The van der Waals surface area contributed by atoms with Gasteiger partial charge >= 0.3 is 0 Å². The van der Waals surface area contributed by atoms with Crippen molar-refractivity contribution in [3.05, 3.63) is 0 Å². The molecule has 0 aliphatic carbocycles. The highest BCUT2D eigenvalue weighted by molar-refractivity contribution is 7.91. The second-order valence-electron chi connectivity index (χ2n) is 4.73. The Bertz CT molecular complexity index is 465. The SMILES string of the molecule is O=S1(=O)CCCC(NS(=O)(=O)C2CCNC2)C1. The van der Waals surface area contributed by atoms with E-state index in [0.717, 1.165) is 0 Å². The van der Waals surface area contributed by atoms with Crippen LogP contribution in [0.5, 0.6) is 0 Å². The van der Waals surface area contributed by atoms with Crippen molar-refractivity contribution in [3.63, 3.8) is 0 Å². The zero-order valence-corrected chi connectivity index (χ0v) is 11.2. The number of rotatable bonds is 3. The molecule has 17 heavy (non-hydrogen) atoms. The summed E-state index contributed by atoms with van der Waals surface area (Å²) < 4.78 is 49.3. The van der Waals surface area contributed by atoms with Crippen LogP contribution in [-0.2, 0) is 19.9 Å². The summed E-state index contributed by atoms with van der Waals surface area (Å²) >= 11 is 0. The Hall–Kier alpha value is -0.180. The number of hydrogen-bond acceptors (Lipinski definition) is 5. The highest BCUT2D eigenvalue weighted by Gasteiger charge is 2.33. The molecule has 2 fully saturated rings. The average molecular weight is 282 g/mol. The fourth-order valence-electron chi connectivity index (χ4n) is 2.34. The number of sulfonamides is 1. The molecule has 2 rings (SSSR count). The molecule has 2 unspecified atom stereocenters. The van der Waals surface area contributed by atoms with Crippen LogP contribution in [0.1, 0.15) is 19.3 Å². The van der Waals surface area contributed by atoms with Crippen molar-refractivity contribution in [1.29, 1.82) is 0 Å². The minimum atomic E-state index is -3.39. The maximum Gasteiger partial charge on any atom is 0.216 e. The quantitative estimate of drug-likeness (QED) is 0.681. The summed E-state index contributed by atoms with van der Waals surface area (Å²) in [5.74, 6) is 0.114. The molecular formula is C9H18N2O4S2. The van der Waals surface area contributed by atoms with Gasteiger partial charge in [0.15, 0.2) is 9.84 Å². The molecule has 0 spiro atoms. The van der Waals surface area contributed by atoms with Crippen LogP contribution in [0.4, 0.5) is 0 Å². The van der Waals surface area contributed by atoms with Gasteiger partial charge < -0.3 is 5.32 Å². The number of sulfone groups is 1. The predicted octanol–water partition coefficient (Wildman–Crippen LogP) is -1.16. The average Bonchev–Trinajstić information content (AvgIpc) is 2.67. The highest BCUT2D eigenvalue weighted by atomic mass is 32.2. The normalized spacial score (nSPS) is 33.6. The molecule has 0 aromatic rings. The molecule has 0 amide bonds. The van der Waals surface area contributed by atoms with E-state index in [1.807, 2.05) is 0 Å². The van der Waals surface area contributed by atoms with E-state index in [-0.39, 0.29) is 11.5 Å². The van der Waals surface area contributed by atoms with Gasteiger partial charge in [0, 0.05) is 12.6 Å². The predicted molar refractivity (Wildman–Crippen MR) is 65.0 cm³/mol. The minimum Gasteiger partial charge on any atom is -0.315 e. The molecule has 0 bridgehead atoms. The molecule has 2 heterocycles. The fourth-order valence-corrected chi connectivity index (χ4v) is 5.70. The van der Waals surface area contributed by atoms with Crippen LogP contribution < -0.4 is 10.0 Å². The first-order valence-corrected chi connectivity index (χ1v) is 9.18. The second-order valence-corrected chi connectivity index (χ2v) is 8.95. The lowest BCUT2D eigenvalue weighted by Gasteiger charge is -2.24. The standard InChI is InChI=1S/C9H18N2O4S2/c12-16(13)5-1-2-8(7-16)11-17(14,15)9-3-4-10-6-9/h8-11H,1-7H2. The van der Waals surface area contributed by atoms with Crippen molar-refractivity contribution >= 4 is 19.9 Å². The highest BCUT2D eigenvalue weighted by Crippen LogP contribution is 2.15. The van der Waals surface area contributed by atoms with Crippen LogP contribution in [-0.4, -0.2) is 52.7 Å². The Morgan fingerprint density at radius 2 is 2.00 bits per heavy atom. The number of nitrogens with one attached hydrogen (secondary N) is 2. The summed E-state index contributed by atoms with van der Waals surface area (Å²) in [6, 6.07) is -0.445. The summed E-state index contributed by atoms with van der Waals surface area (Å²) in [7, 11) is -6.46. The van der Waals surface area contributed by atoms with Crippen molar-refractivity contribution in [3.8, 4) is 0 Å². The summed E-state index contributed by atoms with van der Waals surface area (Å²) in [5.41, 5.74) is 0. The summed E-state index contributed by atoms with van der Waals surface area (Å²) in [6.45, 7) is 1.16. The van der Waals surface area contributed by atoms with Gasteiger partial charge in [0.2, 0.25) is 10.0 Å². The molecule has 0 aromatic carbocycles. The van der Waals surface area contributed by atoms with Gasteiger partial charge in [-0.2, -0.15) is 0 Å². The number of hydrogen-bond donors (Lipinski definition) is 2. The molecule has 2 aliphatic rings. The van der Waals surface area contributed by atoms with Crippen molar-refractivity contribution < 1.29 is 16.8 Å². The molecule has 0 aromatic heterocycles. The molecule has 8 heteroatoms. The van der Waals surface area contributed by atoms with Gasteiger partial charge in [0.1, 0.15) is 0 Å². The van der Waals surface area contributed by atoms with Crippen LogP contribution in [0, 0.1) is 0 Å². The third-order valence-corrected chi connectivity index (χ3v) is 7.01. The van der Waals surface area contributed by atoms with E-state index in [1.165, 1.54) is 0 Å². The maximum absolute atomic E-state index is 12.0. The molecule has 100 valence electrons. The minimum absolute atomic E-state index is 0.0631. The molecule has 2 saturated heterocycles. The largest absolute Gasteiger partial charge is 0.315 e. The van der Waals surface area contributed by atoms with Gasteiger partial charge in [0.05, 0.1) is 16.8 Å². The van der Waals surface area contributed by atoms with Gasteiger partial charge in [-0.25, -0.2) is 21.6 Å². The molecule has 2 N–H and O–H groups in total. The molecule has 0 saturated carbocycles. The van der Waals surface area contributed by atoms with E-state index in [2.05, 4.69) is 10.0 Å². The first-order valence-electron chi connectivity index (χ1n) is 5.81. The van der Waals surface area contributed by atoms with Gasteiger partial charge in [-0.1, -0.05) is 0 Å². The van der Waals surface area contributed by atoms with E-state index in [9.17, 15) is 16.8 Å². The van der Waals surface area contributed by atoms with Gasteiger partial charge in [0.25, 0.3) is 0 Å². The van der Waals surface area contributed by atoms with Crippen molar-refractivity contribution in [2.24, 2.45) is 0 Å². The third-order valence-electron chi connectivity index (χ3n) is 3.25. The van der Waals surface area contributed by atoms with E-state index < -0.39 is 31.2 Å². The Balaban J connectivity index is 2.00. The van der Waals surface area contributed by atoms with Crippen molar-refractivity contribution in [1.82, 2.24) is 10.0 Å². The molecular weight excluding hydrogens is 264 g/mol. The van der Waals surface area contributed by atoms with E-state index in [4.69, 9.17) is 0 Å². The molecule has 6 nitrogen and oxygen atoms in total. The van der Waals surface area contributed by atoms with Gasteiger partial charge in [-0.3, -0.25) is 0 Å². The van der Waals surface area contributed by atoms with Crippen molar-refractivity contribution in [2.45, 2.75) is 30.6 Å². The smallest absolute Gasteiger partial charge is 0.216 e. The lowest BCUT2D eigenvalue weighted by atomic mass is 10.2. The van der Waals surface area contributed by atoms with E-state index >= 15 is 0 Å². The lowest BCUT2D eigenvalue weighted by molar-refractivity contribution is 0.512. The van der Waals surface area contributed by atoms with Crippen LogP contribution in [0.3, 0.4) is 0 Å². The first-order chi connectivity index (χ1) is 7.89. The summed E-state index contributed by atoms with van der Waals surface area (Å²) in [6.07, 6.45) is 1.74. The summed E-state index contributed by atoms with van der Waals surface area (Å²) in [4.78, 5) is 0. The maximum atomic E-state index is 12.0. The Morgan fingerprint density at radius 1 is 1.24 bits per heavy atom. The Morgan fingerprint density at radius 3 is 2.59 bits per heavy atom. The molecule has 2 aliphatic heterocycles. The molecule has 2 atom stereocenters. The zero-order valence-electron chi connectivity index (χ0n) is 9.55.